The second kappa shape index (κ2) is 15.3. The lowest BCUT2D eigenvalue weighted by atomic mass is 9.86. The van der Waals surface area contributed by atoms with Gasteiger partial charge in [0.25, 0.3) is 0 Å². The van der Waals surface area contributed by atoms with Crippen LogP contribution in [-0.4, -0.2) is 0 Å². The highest BCUT2D eigenvalue weighted by Crippen LogP contribution is 2.49. The second-order valence-electron chi connectivity index (χ2n) is 16.0. The van der Waals surface area contributed by atoms with Crippen molar-refractivity contribution in [3.63, 3.8) is 0 Å². The quantitative estimate of drug-likeness (QED) is 0.153. The molecular weight excluding hydrogens is 767 g/mol. The molecule has 0 spiro atoms. The predicted octanol–water partition coefficient (Wildman–Crippen LogP) is 17.3. The van der Waals surface area contributed by atoms with Gasteiger partial charge in [-0.3, -0.25) is 0 Å². The molecule has 0 saturated carbocycles. The van der Waals surface area contributed by atoms with Crippen molar-refractivity contribution in [2.45, 2.75) is 0 Å². The SMILES string of the molecule is c1ccc(-c2ccc(-c3ccccc3-c3ccccc3)c(-c3ccccc3N(c3cccc(-c4cccc5c4oc4ccccc45)c3)c3cccc4oc5ccccc5c34)c2)cc1. The van der Waals surface area contributed by atoms with E-state index in [1.54, 1.807) is 0 Å². The van der Waals surface area contributed by atoms with Crippen LogP contribution in [0, 0.1) is 0 Å². The van der Waals surface area contributed by atoms with Crippen molar-refractivity contribution in [1.29, 1.82) is 0 Å². The van der Waals surface area contributed by atoms with Gasteiger partial charge in [-0.25, -0.2) is 0 Å². The van der Waals surface area contributed by atoms with Gasteiger partial charge in [0.1, 0.15) is 22.3 Å². The molecule has 0 aliphatic heterocycles. The van der Waals surface area contributed by atoms with Crippen LogP contribution < -0.4 is 4.90 Å². The van der Waals surface area contributed by atoms with E-state index < -0.39 is 0 Å². The molecule has 0 bridgehead atoms. The van der Waals surface area contributed by atoms with Crippen molar-refractivity contribution < 1.29 is 8.83 Å². The minimum atomic E-state index is 0.836. The molecule has 2 heterocycles. The van der Waals surface area contributed by atoms with Crippen molar-refractivity contribution in [2.24, 2.45) is 0 Å². The Labute approximate surface area is 365 Å². The molecule has 0 fully saturated rings. The van der Waals surface area contributed by atoms with E-state index in [4.69, 9.17) is 8.83 Å². The Kier molecular flexibility index (Phi) is 8.83. The molecule has 0 radical (unpaired) electrons. The molecule has 0 aliphatic carbocycles. The molecule has 63 heavy (non-hydrogen) atoms. The highest BCUT2D eigenvalue weighted by molar-refractivity contribution is 6.14. The molecule has 12 rings (SSSR count). The number of rotatable bonds is 8. The molecule has 0 N–H and O–H groups in total. The monoisotopic (exact) mass is 805 g/mol. The fraction of sp³-hybridized carbons (Fsp3) is 0. The number of hydrogen-bond donors (Lipinski definition) is 0. The van der Waals surface area contributed by atoms with E-state index in [-0.39, 0.29) is 0 Å². The highest BCUT2D eigenvalue weighted by atomic mass is 16.3. The summed E-state index contributed by atoms with van der Waals surface area (Å²) >= 11 is 0. The second-order valence-corrected chi connectivity index (χ2v) is 16.0. The van der Waals surface area contributed by atoms with Crippen LogP contribution in [0.3, 0.4) is 0 Å². The van der Waals surface area contributed by atoms with E-state index in [0.29, 0.717) is 0 Å². The molecule has 12 aromatic rings. The molecule has 0 unspecified atom stereocenters. The average molecular weight is 806 g/mol. The van der Waals surface area contributed by atoms with Crippen LogP contribution in [0.15, 0.2) is 245 Å². The average Bonchev–Trinajstić information content (AvgIpc) is 3.94. The standard InChI is InChI=1S/C60H39NO2/c1-3-18-40(19-4-1)42-36-37-48(47-25-8-7-24-45(47)41-20-5-2-6-21-41)53(39-42)49-26-9-12-31-54(49)61(55-32-17-35-58-59(55)52-28-11-14-34-57(52)62-58)44-23-15-22-43(38-44)46-29-16-30-51-50-27-10-13-33-56(50)63-60(46)51/h1-39H. The van der Waals surface area contributed by atoms with E-state index >= 15 is 0 Å². The number of nitrogens with zero attached hydrogens (tertiary/aromatic N) is 1. The third kappa shape index (κ3) is 6.29. The molecule has 0 saturated heterocycles. The van der Waals surface area contributed by atoms with Crippen LogP contribution in [0.5, 0.6) is 0 Å². The fourth-order valence-electron chi connectivity index (χ4n) is 9.43. The van der Waals surface area contributed by atoms with Gasteiger partial charge in [-0.15, -0.1) is 0 Å². The summed E-state index contributed by atoms with van der Waals surface area (Å²) in [4.78, 5) is 2.42. The lowest BCUT2D eigenvalue weighted by molar-refractivity contribution is 0.669. The van der Waals surface area contributed by atoms with Gasteiger partial charge in [0.05, 0.1) is 16.8 Å². The van der Waals surface area contributed by atoms with E-state index in [1.807, 2.05) is 18.2 Å². The third-order valence-corrected chi connectivity index (χ3v) is 12.3. The van der Waals surface area contributed by atoms with Crippen molar-refractivity contribution >= 4 is 60.9 Å². The summed E-state index contributed by atoms with van der Waals surface area (Å²) < 4.78 is 13.2. The number of anilines is 3. The summed E-state index contributed by atoms with van der Waals surface area (Å²) in [5, 5.41) is 4.34. The Morgan fingerprint density at radius 2 is 0.825 bits per heavy atom. The van der Waals surface area contributed by atoms with Gasteiger partial charge in [-0.1, -0.05) is 188 Å². The summed E-state index contributed by atoms with van der Waals surface area (Å²) in [7, 11) is 0. The zero-order valence-corrected chi connectivity index (χ0v) is 34.3. The lowest BCUT2D eigenvalue weighted by Crippen LogP contribution is -2.12. The Morgan fingerprint density at radius 1 is 0.270 bits per heavy atom. The largest absolute Gasteiger partial charge is 0.456 e. The molecule has 3 nitrogen and oxygen atoms in total. The Morgan fingerprint density at radius 3 is 1.65 bits per heavy atom. The number of furan rings is 2. The molecule has 3 heteroatoms. The van der Waals surface area contributed by atoms with Crippen LogP contribution in [0.25, 0.3) is 99.5 Å². The van der Waals surface area contributed by atoms with Gasteiger partial charge in [-0.2, -0.15) is 0 Å². The summed E-state index contributed by atoms with van der Waals surface area (Å²) in [5.41, 5.74) is 17.9. The van der Waals surface area contributed by atoms with E-state index in [2.05, 4.69) is 223 Å². The molecule has 0 amide bonds. The maximum absolute atomic E-state index is 6.60. The maximum Gasteiger partial charge on any atom is 0.143 e. The number of hydrogen-bond acceptors (Lipinski definition) is 3. The van der Waals surface area contributed by atoms with Gasteiger partial charge in [-0.05, 0) is 93.0 Å². The molecule has 0 aliphatic rings. The zero-order valence-electron chi connectivity index (χ0n) is 34.3. The van der Waals surface area contributed by atoms with Crippen molar-refractivity contribution in [3.8, 4) is 55.6 Å². The number of para-hydroxylation sites is 4. The van der Waals surface area contributed by atoms with Gasteiger partial charge in [0, 0.05) is 33.0 Å². The maximum atomic E-state index is 6.60. The van der Waals surface area contributed by atoms with Gasteiger partial charge >= 0.3 is 0 Å². The van der Waals surface area contributed by atoms with Crippen molar-refractivity contribution in [1.82, 2.24) is 0 Å². The summed E-state index contributed by atoms with van der Waals surface area (Å²) in [5.74, 6) is 0. The predicted molar refractivity (Wildman–Crippen MR) is 263 cm³/mol. The van der Waals surface area contributed by atoms with Crippen LogP contribution in [-0.2, 0) is 0 Å². The summed E-state index contributed by atoms with van der Waals surface area (Å²) in [6.45, 7) is 0. The molecule has 0 atom stereocenters. The van der Waals surface area contributed by atoms with Crippen LogP contribution in [0.2, 0.25) is 0 Å². The Balaban J connectivity index is 1.13. The zero-order chi connectivity index (χ0) is 41.7. The van der Waals surface area contributed by atoms with Gasteiger partial charge in [0.2, 0.25) is 0 Å². The third-order valence-electron chi connectivity index (χ3n) is 12.3. The first kappa shape index (κ1) is 36.5. The molecular formula is C60H39NO2. The number of fused-ring (bicyclic) bond motifs is 6. The van der Waals surface area contributed by atoms with Crippen LogP contribution in [0.1, 0.15) is 0 Å². The summed E-state index contributed by atoms with van der Waals surface area (Å²) in [6, 6.07) is 84.2. The lowest BCUT2D eigenvalue weighted by Gasteiger charge is -2.29. The normalized spacial score (nSPS) is 11.5. The van der Waals surface area contributed by atoms with Gasteiger partial charge in [0.15, 0.2) is 0 Å². The van der Waals surface area contributed by atoms with E-state index in [1.165, 1.54) is 16.7 Å². The van der Waals surface area contributed by atoms with Gasteiger partial charge < -0.3 is 13.7 Å². The van der Waals surface area contributed by atoms with Crippen LogP contribution in [0.4, 0.5) is 17.1 Å². The first-order valence-electron chi connectivity index (χ1n) is 21.4. The summed E-state index contributed by atoms with van der Waals surface area (Å²) in [6.07, 6.45) is 0. The fourth-order valence-corrected chi connectivity index (χ4v) is 9.43. The van der Waals surface area contributed by atoms with E-state index in [0.717, 1.165) is 99.9 Å². The Bertz CT molecular complexity index is 3640. The first-order chi connectivity index (χ1) is 31.3. The minimum Gasteiger partial charge on any atom is -0.456 e. The van der Waals surface area contributed by atoms with Crippen LogP contribution >= 0.6 is 0 Å². The van der Waals surface area contributed by atoms with E-state index in [9.17, 15) is 0 Å². The molecule has 296 valence electrons. The number of benzene rings is 10. The smallest absolute Gasteiger partial charge is 0.143 e. The minimum absolute atomic E-state index is 0.836. The topological polar surface area (TPSA) is 29.5 Å². The molecule has 2 aromatic heterocycles. The molecule has 10 aromatic carbocycles. The first-order valence-corrected chi connectivity index (χ1v) is 21.4. The van der Waals surface area contributed by atoms with Crippen molar-refractivity contribution in [3.05, 3.63) is 237 Å². The Hall–Kier alpha value is -8.40. The van der Waals surface area contributed by atoms with Crippen molar-refractivity contribution in [2.75, 3.05) is 4.90 Å². The highest BCUT2D eigenvalue weighted by Gasteiger charge is 2.25.